The molecule has 140 valence electrons. The molecule has 1 aliphatic rings. The minimum absolute atomic E-state index is 0.0347. The Morgan fingerprint density at radius 1 is 1.16 bits per heavy atom. The summed E-state index contributed by atoms with van der Waals surface area (Å²) < 4.78 is 16.7. The lowest BCUT2D eigenvalue weighted by Crippen LogP contribution is -2.45. The lowest BCUT2D eigenvalue weighted by Gasteiger charge is -2.31. The zero-order chi connectivity index (χ0) is 17.9. The van der Waals surface area contributed by atoms with E-state index in [0.29, 0.717) is 26.3 Å². The first-order chi connectivity index (χ1) is 12.2. The molecule has 6 nitrogen and oxygen atoms in total. The first kappa shape index (κ1) is 19.5. The van der Waals surface area contributed by atoms with E-state index in [9.17, 15) is 4.79 Å². The highest BCUT2D eigenvalue weighted by atomic mass is 16.5. The summed E-state index contributed by atoms with van der Waals surface area (Å²) in [5, 5.41) is 2.91. The first-order valence-electron chi connectivity index (χ1n) is 9.17. The van der Waals surface area contributed by atoms with Crippen LogP contribution in [0.15, 0.2) is 24.3 Å². The lowest BCUT2D eigenvalue weighted by molar-refractivity contribution is -0.123. The lowest BCUT2D eigenvalue weighted by atomic mass is 10.1. The molecular formula is C19H30N2O4. The zero-order valence-corrected chi connectivity index (χ0v) is 15.3. The molecule has 0 radical (unpaired) electrons. The van der Waals surface area contributed by atoms with Gasteiger partial charge in [-0.2, -0.15) is 0 Å². The van der Waals surface area contributed by atoms with Gasteiger partial charge in [0.05, 0.1) is 25.8 Å². The number of rotatable bonds is 10. The summed E-state index contributed by atoms with van der Waals surface area (Å²) >= 11 is 0. The fraction of sp³-hybridized carbons (Fsp3) is 0.632. The van der Waals surface area contributed by atoms with Crippen molar-refractivity contribution < 1.29 is 19.0 Å². The standard InChI is InChI=1S/C19H30N2O4/c1-3-23-16-7-9-17(10-8-16)25-13-11-20-19(22)15-21-12-5-6-18(14-21)24-4-2/h7-10,18H,3-6,11-15H2,1-2H3,(H,20,22). The smallest absolute Gasteiger partial charge is 0.234 e. The Hall–Kier alpha value is -1.79. The second-order valence-corrected chi connectivity index (χ2v) is 6.06. The van der Waals surface area contributed by atoms with Gasteiger partial charge in [0, 0.05) is 13.2 Å². The quantitative estimate of drug-likeness (QED) is 0.655. The molecule has 1 unspecified atom stereocenters. The van der Waals surface area contributed by atoms with Crippen molar-refractivity contribution in [2.45, 2.75) is 32.8 Å². The van der Waals surface area contributed by atoms with Crippen molar-refractivity contribution in [3.8, 4) is 11.5 Å². The van der Waals surface area contributed by atoms with Crippen molar-refractivity contribution in [1.82, 2.24) is 10.2 Å². The molecule has 6 heteroatoms. The average Bonchev–Trinajstić information content (AvgIpc) is 2.61. The molecule has 0 aromatic heterocycles. The fourth-order valence-corrected chi connectivity index (χ4v) is 2.95. The summed E-state index contributed by atoms with van der Waals surface area (Å²) in [6.45, 7) is 8.50. The maximum Gasteiger partial charge on any atom is 0.234 e. The second kappa shape index (κ2) is 10.9. The van der Waals surface area contributed by atoms with Crippen LogP contribution in [0.3, 0.4) is 0 Å². The van der Waals surface area contributed by atoms with Crippen LogP contribution in [0.2, 0.25) is 0 Å². The van der Waals surface area contributed by atoms with Gasteiger partial charge in [0.15, 0.2) is 0 Å². The van der Waals surface area contributed by atoms with E-state index in [1.54, 1.807) is 0 Å². The van der Waals surface area contributed by atoms with Crippen molar-refractivity contribution in [3.05, 3.63) is 24.3 Å². The van der Waals surface area contributed by atoms with Crippen LogP contribution in [0.25, 0.3) is 0 Å². The number of likely N-dealkylation sites (tertiary alicyclic amines) is 1. The number of ether oxygens (including phenoxy) is 3. The van der Waals surface area contributed by atoms with E-state index in [-0.39, 0.29) is 12.0 Å². The molecule has 0 aliphatic carbocycles. The molecule has 1 saturated heterocycles. The van der Waals surface area contributed by atoms with Gasteiger partial charge in [0.25, 0.3) is 0 Å². The number of hydrogen-bond donors (Lipinski definition) is 1. The third kappa shape index (κ3) is 7.32. The minimum atomic E-state index is 0.0347. The number of carbonyl (C=O) groups is 1. The monoisotopic (exact) mass is 350 g/mol. The van der Waals surface area contributed by atoms with E-state index in [4.69, 9.17) is 14.2 Å². The first-order valence-corrected chi connectivity index (χ1v) is 9.17. The molecule has 1 amide bonds. The van der Waals surface area contributed by atoms with Gasteiger partial charge in [0.2, 0.25) is 5.91 Å². The predicted molar refractivity (Wildman–Crippen MR) is 97.2 cm³/mol. The number of benzene rings is 1. The van der Waals surface area contributed by atoms with E-state index >= 15 is 0 Å². The average molecular weight is 350 g/mol. The number of nitrogens with one attached hydrogen (secondary N) is 1. The molecule has 1 heterocycles. The van der Waals surface area contributed by atoms with Gasteiger partial charge < -0.3 is 19.5 Å². The molecule has 1 aromatic carbocycles. The van der Waals surface area contributed by atoms with Crippen molar-refractivity contribution in [3.63, 3.8) is 0 Å². The molecule has 1 N–H and O–H groups in total. The minimum Gasteiger partial charge on any atom is -0.494 e. The highest BCUT2D eigenvalue weighted by molar-refractivity contribution is 5.78. The van der Waals surface area contributed by atoms with Gasteiger partial charge in [-0.05, 0) is 57.5 Å². The molecule has 1 fully saturated rings. The van der Waals surface area contributed by atoms with Crippen molar-refractivity contribution >= 4 is 5.91 Å². The van der Waals surface area contributed by atoms with Gasteiger partial charge in [-0.25, -0.2) is 0 Å². The largest absolute Gasteiger partial charge is 0.494 e. The Labute approximate surface area is 150 Å². The maximum absolute atomic E-state index is 12.0. The number of piperidine rings is 1. The van der Waals surface area contributed by atoms with E-state index in [1.165, 1.54) is 0 Å². The predicted octanol–water partition coefficient (Wildman–Crippen LogP) is 2.08. The van der Waals surface area contributed by atoms with Crippen molar-refractivity contribution in [2.24, 2.45) is 0 Å². The summed E-state index contributed by atoms with van der Waals surface area (Å²) in [5.74, 6) is 1.63. The number of carbonyl (C=O) groups excluding carboxylic acids is 1. The Balaban J connectivity index is 1.60. The van der Waals surface area contributed by atoms with Crippen LogP contribution in [-0.4, -0.2) is 62.9 Å². The number of hydrogen-bond acceptors (Lipinski definition) is 5. The summed E-state index contributed by atoms with van der Waals surface area (Å²) in [5.41, 5.74) is 0. The van der Waals surface area contributed by atoms with E-state index < -0.39 is 0 Å². The second-order valence-electron chi connectivity index (χ2n) is 6.06. The van der Waals surface area contributed by atoms with Gasteiger partial charge in [-0.1, -0.05) is 0 Å². The molecule has 1 atom stereocenters. The SMILES string of the molecule is CCOc1ccc(OCCNC(=O)CN2CCCC(OCC)C2)cc1. The molecule has 25 heavy (non-hydrogen) atoms. The fourth-order valence-electron chi connectivity index (χ4n) is 2.95. The van der Waals surface area contributed by atoms with Crippen LogP contribution < -0.4 is 14.8 Å². The van der Waals surface area contributed by atoms with Crippen LogP contribution in [0.1, 0.15) is 26.7 Å². The van der Waals surface area contributed by atoms with Gasteiger partial charge in [-0.15, -0.1) is 0 Å². The van der Waals surface area contributed by atoms with E-state index in [0.717, 1.165) is 44.0 Å². The van der Waals surface area contributed by atoms with Crippen LogP contribution in [0.5, 0.6) is 11.5 Å². The third-order valence-electron chi connectivity index (χ3n) is 4.06. The highest BCUT2D eigenvalue weighted by Gasteiger charge is 2.21. The van der Waals surface area contributed by atoms with E-state index in [1.807, 2.05) is 38.1 Å². The number of amides is 1. The zero-order valence-electron chi connectivity index (χ0n) is 15.3. The van der Waals surface area contributed by atoms with Gasteiger partial charge in [0.1, 0.15) is 18.1 Å². The summed E-state index contributed by atoms with van der Waals surface area (Å²) in [4.78, 5) is 14.2. The molecule has 0 spiro atoms. The van der Waals surface area contributed by atoms with Crippen LogP contribution in [0, 0.1) is 0 Å². The summed E-state index contributed by atoms with van der Waals surface area (Å²) in [6.07, 6.45) is 2.43. The highest BCUT2D eigenvalue weighted by Crippen LogP contribution is 2.17. The molecule has 2 rings (SSSR count). The van der Waals surface area contributed by atoms with Crippen LogP contribution >= 0.6 is 0 Å². The molecular weight excluding hydrogens is 320 g/mol. The van der Waals surface area contributed by atoms with Gasteiger partial charge in [-0.3, -0.25) is 9.69 Å². The summed E-state index contributed by atoms with van der Waals surface area (Å²) in [7, 11) is 0. The third-order valence-corrected chi connectivity index (χ3v) is 4.06. The molecule has 0 bridgehead atoms. The maximum atomic E-state index is 12.0. The van der Waals surface area contributed by atoms with Gasteiger partial charge >= 0.3 is 0 Å². The summed E-state index contributed by atoms with van der Waals surface area (Å²) in [6, 6.07) is 7.49. The Morgan fingerprint density at radius 3 is 2.56 bits per heavy atom. The topological polar surface area (TPSA) is 60.0 Å². The Bertz CT molecular complexity index is 505. The number of nitrogens with zero attached hydrogens (tertiary/aromatic N) is 1. The van der Waals surface area contributed by atoms with Crippen molar-refractivity contribution in [1.29, 1.82) is 0 Å². The Morgan fingerprint density at radius 2 is 1.88 bits per heavy atom. The van der Waals surface area contributed by atoms with Crippen LogP contribution in [0.4, 0.5) is 0 Å². The molecule has 0 saturated carbocycles. The molecule has 1 aromatic rings. The van der Waals surface area contributed by atoms with Crippen LogP contribution in [-0.2, 0) is 9.53 Å². The normalized spacial score (nSPS) is 17.9. The van der Waals surface area contributed by atoms with Crippen molar-refractivity contribution in [2.75, 3.05) is 46.0 Å². The van der Waals surface area contributed by atoms with E-state index in [2.05, 4.69) is 10.2 Å². The Kier molecular flexibility index (Phi) is 8.55. The molecule has 1 aliphatic heterocycles.